The molecule has 48 heavy (non-hydrogen) atoms. The van der Waals surface area contributed by atoms with Crippen LogP contribution in [-0.2, 0) is 0 Å². The van der Waals surface area contributed by atoms with Gasteiger partial charge in [0.05, 0.1) is 5.56 Å². The molecule has 0 aliphatic carbocycles. The van der Waals surface area contributed by atoms with E-state index in [4.69, 9.17) is 37.1 Å². The number of rotatable bonds is 7. The van der Waals surface area contributed by atoms with Crippen LogP contribution in [0.15, 0.2) is 51.9 Å². The van der Waals surface area contributed by atoms with Gasteiger partial charge in [-0.1, -0.05) is 26.0 Å². The highest BCUT2D eigenvalue weighted by molar-refractivity contribution is 6.28. The van der Waals surface area contributed by atoms with Gasteiger partial charge in [-0.25, -0.2) is 0 Å². The van der Waals surface area contributed by atoms with Crippen molar-refractivity contribution in [3.05, 3.63) is 63.5 Å². The minimum absolute atomic E-state index is 0.00329. The maximum absolute atomic E-state index is 13.5. The van der Waals surface area contributed by atoms with E-state index < -0.39 is 5.43 Å². The molecule has 0 amide bonds. The minimum atomic E-state index is -0.427. The molecule has 3 aromatic heterocycles. The maximum atomic E-state index is 13.5. The lowest BCUT2D eigenvalue weighted by Gasteiger charge is -2.30. The number of aromatic nitrogens is 6. The molecule has 0 spiro atoms. The highest BCUT2D eigenvalue weighted by atomic mass is 35.5. The zero-order chi connectivity index (χ0) is 33.4. The lowest BCUT2D eigenvalue weighted by atomic mass is 10.00. The molecule has 0 radical (unpaired) electrons. The molecule has 2 aromatic carbocycles. The number of hydrogen-bond acceptors (Lipinski definition) is 13. The van der Waals surface area contributed by atoms with Gasteiger partial charge in [0, 0.05) is 38.3 Å². The summed E-state index contributed by atoms with van der Waals surface area (Å²) in [7, 11) is 0. The fraction of sp³-hybridized carbons (Fsp3) is 0.364. The molecule has 0 atom stereocenters. The van der Waals surface area contributed by atoms with Crippen molar-refractivity contribution in [1.29, 1.82) is 0 Å². The zero-order valence-electron chi connectivity index (χ0n) is 26.3. The number of ether oxygens (including phenoxy) is 2. The fourth-order valence-electron chi connectivity index (χ4n) is 5.81. The predicted molar refractivity (Wildman–Crippen MR) is 181 cm³/mol. The summed E-state index contributed by atoms with van der Waals surface area (Å²) < 4.78 is 17.5. The summed E-state index contributed by atoms with van der Waals surface area (Å²) in [6, 6.07) is 9.56. The number of phenols is 1. The van der Waals surface area contributed by atoms with Crippen molar-refractivity contribution < 1.29 is 19.0 Å². The van der Waals surface area contributed by atoms with Gasteiger partial charge in [0.15, 0.2) is 0 Å². The third-order valence-electron chi connectivity index (χ3n) is 8.70. The van der Waals surface area contributed by atoms with E-state index in [1.54, 1.807) is 24.3 Å². The van der Waals surface area contributed by atoms with Crippen molar-refractivity contribution in [1.82, 2.24) is 29.9 Å². The van der Waals surface area contributed by atoms with Crippen LogP contribution < -0.4 is 24.7 Å². The molecule has 13 nitrogen and oxygen atoms in total. The number of phenolic OH excluding ortho intramolecular Hbond substituents is 1. The van der Waals surface area contributed by atoms with Gasteiger partial charge in [0.25, 0.3) is 0 Å². The van der Waals surface area contributed by atoms with Crippen molar-refractivity contribution in [3.63, 3.8) is 0 Å². The average molecular weight is 692 g/mol. The van der Waals surface area contributed by atoms with Crippen LogP contribution in [0.3, 0.4) is 0 Å². The second-order valence-corrected chi connectivity index (χ2v) is 12.9. The second kappa shape index (κ2) is 13.4. The van der Waals surface area contributed by atoms with E-state index in [-0.39, 0.29) is 50.6 Å². The van der Waals surface area contributed by atoms with E-state index in [0.717, 1.165) is 51.9 Å². The number of halogens is 2. The standard InChI is InChI=1S/C33H32Cl2N8O5/c1-18-7-11-42(12-8-18)30-36-28(34)38-32(40-30)47-21-5-3-20(4-6-21)23-17-46-25-16-22(15-24(44)26(25)27(23)45)48-33-39-29(35)37-31(41-33)43-13-9-19(2)10-14-43/h3-6,15-19,44H,7-14H2,1-2H3. The molecule has 2 saturated heterocycles. The molecule has 2 aliphatic heterocycles. The highest BCUT2D eigenvalue weighted by Crippen LogP contribution is 2.33. The van der Waals surface area contributed by atoms with E-state index in [0.29, 0.717) is 35.0 Å². The molecule has 7 rings (SSSR count). The van der Waals surface area contributed by atoms with Gasteiger partial charge < -0.3 is 28.8 Å². The van der Waals surface area contributed by atoms with Crippen molar-refractivity contribution in [2.24, 2.45) is 11.8 Å². The summed E-state index contributed by atoms with van der Waals surface area (Å²) in [5.41, 5.74) is 0.486. The Labute approximate surface area is 285 Å². The SMILES string of the molecule is CC1CCN(c2nc(Cl)nc(Oc3ccc(-c4coc5cc(Oc6nc(Cl)nc(N7CCC(C)CC7)n6)cc(O)c5c4=O)cc3)n2)CC1. The van der Waals surface area contributed by atoms with Crippen molar-refractivity contribution in [3.8, 4) is 40.4 Å². The van der Waals surface area contributed by atoms with Gasteiger partial charge in [-0.05, 0) is 78.4 Å². The van der Waals surface area contributed by atoms with Crippen LogP contribution >= 0.6 is 23.2 Å². The van der Waals surface area contributed by atoms with Gasteiger partial charge in [0.2, 0.25) is 27.9 Å². The summed E-state index contributed by atoms with van der Waals surface area (Å²) in [5.74, 6) is 2.46. The fourth-order valence-corrected chi connectivity index (χ4v) is 6.11. The number of fused-ring (bicyclic) bond motifs is 1. The lowest BCUT2D eigenvalue weighted by Crippen LogP contribution is -2.34. The van der Waals surface area contributed by atoms with Crippen LogP contribution in [0.25, 0.3) is 22.1 Å². The number of piperidine rings is 2. The third-order valence-corrected chi connectivity index (χ3v) is 9.04. The average Bonchev–Trinajstić information content (AvgIpc) is 3.05. The lowest BCUT2D eigenvalue weighted by molar-refractivity contribution is 0.418. The van der Waals surface area contributed by atoms with Crippen molar-refractivity contribution in [2.75, 3.05) is 36.0 Å². The Morgan fingerprint density at radius 2 is 1.27 bits per heavy atom. The number of nitrogens with zero attached hydrogens (tertiary/aromatic N) is 8. The first-order valence-electron chi connectivity index (χ1n) is 15.8. The van der Waals surface area contributed by atoms with E-state index in [2.05, 4.69) is 48.7 Å². The monoisotopic (exact) mass is 690 g/mol. The van der Waals surface area contributed by atoms with Gasteiger partial charge in [-0.2, -0.15) is 29.9 Å². The second-order valence-electron chi connectivity index (χ2n) is 12.2. The Hall–Kier alpha value is -4.75. The Kier molecular flexibility index (Phi) is 8.88. The number of aromatic hydroxyl groups is 1. The van der Waals surface area contributed by atoms with Crippen LogP contribution in [0, 0.1) is 11.8 Å². The molecule has 248 valence electrons. The Bertz CT molecular complexity index is 2010. The zero-order valence-corrected chi connectivity index (χ0v) is 27.8. The van der Waals surface area contributed by atoms with Crippen molar-refractivity contribution in [2.45, 2.75) is 39.5 Å². The van der Waals surface area contributed by atoms with Gasteiger partial charge in [-0.15, -0.1) is 0 Å². The molecule has 0 unspecified atom stereocenters. The van der Waals surface area contributed by atoms with E-state index in [1.807, 2.05) is 4.90 Å². The number of hydrogen-bond donors (Lipinski definition) is 1. The summed E-state index contributed by atoms with van der Waals surface area (Å²) in [6.45, 7) is 7.71. The smallest absolute Gasteiger partial charge is 0.328 e. The molecule has 2 fully saturated rings. The molecule has 5 heterocycles. The largest absolute Gasteiger partial charge is 0.507 e. The van der Waals surface area contributed by atoms with Crippen molar-refractivity contribution >= 4 is 46.1 Å². The predicted octanol–water partition coefficient (Wildman–Crippen LogP) is 6.90. The Morgan fingerprint density at radius 1 is 0.750 bits per heavy atom. The molecule has 1 N–H and O–H groups in total. The Balaban J connectivity index is 1.09. The first-order valence-corrected chi connectivity index (χ1v) is 16.5. The molecular formula is C33H32Cl2N8O5. The molecular weight excluding hydrogens is 659 g/mol. The molecule has 5 aromatic rings. The minimum Gasteiger partial charge on any atom is -0.507 e. The van der Waals surface area contributed by atoms with E-state index >= 15 is 0 Å². The molecule has 15 heteroatoms. The van der Waals surface area contributed by atoms with E-state index in [1.165, 1.54) is 18.4 Å². The topological polar surface area (TPSA) is 153 Å². The van der Waals surface area contributed by atoms with Crippen LogP contribution in [-0.4, -0.2) is 61.2 Å². The highest BCUT2D eigenvalue weighted by Gasteiger charge is 2.22. The first kappa shape index (κ1) is 31.8. The van der Waals surface area contributed by atoms with E-state index in [9.17, 15) is 9.90 Å². The normalized spacial score (nSPS) is 16.0. The molecule has 0 bridgehead atoms. The summed E-state index contributed by atoms with van der Waals surface area (Å²) in [6.07, 6.45) is 5.46. The quantitative estimate of drug-likeness (QED) is 0.188. The third kappa shape index (κ3) is 6.92. The number of anilines is 2. The summed E-state index contributed by atoms with van der Waals surface area (Å²) >= 11 is 12.4. The van der Waals surface area contributed by atoms with Crippen LogP contribution in [0.1, 0.15) is 39.5 Å². The summed E-state index contributed by atoms with van der Waals surface area (Å²) in [5, 5.41) is 10.9. The van der Waals surface area contributed by atoms with Crippen LogP contribution in [0.5, 0.6) is 29.3 Å². The summed E-state index contributed by atoms with van der Waals surface area (Å²) in [4.78, 5) is 43.2. The maximum Gasteiger partial charge on any atom is 0.328 e. The molecule has 2 aliphatic rings. The van der Waals surface area contributed by atoms with Gasteiger partial charge in [-0.3, -0.25) is 4.79 Å². The number of benzene rings is 2. The van der Waals surface area contributed by atoms with Gasteiger partial charge in [0.1, 0.15) is 34.5 Å². The molecule has 0 saturated carbocycles. The first-order chi connectivity index (χ1) is 23.2. The van der Waals surface area contributed by atoms with Crippen LogP contribution in [0.2, 0.25) is 10.6 Å². The van der Waals surface area contributed by atoms with Crippen LogP contribution in [0.4, 0.5) is 11.9 Å². The van der Waals surface area contributed by atoms with Gasteiger partial charge >= 0.3 is 12.0 Å². The Morgan fingerprint density at radius 3 is 1.81 bits per heavy atom.